The van der Waals surface area contributed by atoms with Crippen LogP contribution in [0.15, 0.2) is 60.1 Å². The van der Waals surface area contributed by atoms with Crippen molar-refractivity contribution in [2.24, 2.45) is 5.10 Å². The number of halogens is 1. The molecule has 0 unspecified atom stereocenters. The molecule has 10 nitrogen and oxygen atoms in total. The lowest BCUT2D eigenvalue weighted by atomic mass is 10.1. The van der Waals surface area contributed by atoms with Crippen molar-refractivity contribution in [2.75, 3.05) is 7.11 Å². The standard InChI is InChI=1S/C22H22ClN5O5/c1-32-19-8-15(7-17(23)20(19)29)10-26-28-21(30)18(9-16-11-24-13-25-16)27-22(31)33-12-14-5-3-2-4-6-14/h2-8,10-11,13,18,29H,9,12H2,1H3,(H,24,25)(H,27,31)(H,28,30)/b26-10-/t18-/m0/s1. The zero-order valence-corrected chi connectivity index (χ0v) is 18.4. The van der Waals surface area contributed by atoms with Crippen molar-refractivity contribution in [3.63, 3.8) is 0 Å². The quantitative estimate of drug-likeness (QED) is 0.279. The highest BCUT2D eigenvalue weighted by molar-refractivity contribution is 6.32. The number of phenols is 1. The van der Waals surface area contributed by atoms with Crippen molar-refractivity contribution in [1.29, 1.82) is 0 Å². The Kier molecular flexibility index (Phi) is 8.25. The third-order valence-electron chi connectivity index (χ3n) is 4.46. The second-order valence-corrected chi connectivity index (χ2v) is 7.23. The normalized spacial score (nSPS) is 11.7. The molecule has 0 aliphatic rings. The van der Waals surface area contributed by atoms with Crippen LogP contribution >= 0.6 is 11.6 Å². The van der Waals surface area contributed by atoms with Crippen molar-refractivity contribution in [2.45, 2.75) is 19.1 Å². The minimum Gasteiger partial charge on any atom is -0.503 e. The number of hydrogen-bond donors (Lipinski definition) is 4. The fourth-order valence-electron chi connectivity index (χ4n) is 2.80. The van der Waals surface area contributed by atoms with E-state index < -0.39 is 18.0 Å². The first-order chi connectivity index (χ1) is 16.0. The van der Waals surface area contributed by atoms with Gasteiger partial charge in [-0.2, -0.15) is 5.10 Å². The van der Waals surface area contributed by atoms with Crippen LogP contribution in [0.4, 0.5) is 4.79 Å². The molecule has 0 radical (unpaired) electrons. The van der Waals surface area contributed by atoms with Gasteiger partial charge in [-0.25, -0.2) is 15.2 Å². The van der Waals surface area contributed by atoms with E-state index in [0.717, 1.165) is 5.56 Å². The molecule has 1 aromatic heterocycles. The van der Waals surface area contributed by atoms with Crippen LogP contribution in [0.2, 0.25) is 5.02 Å². The summed E-state index contributed by atoms with van der Waals surface area (Å²) < 4.78 is 10.2. The Morgan fingerprint density at radius 3 is 2.79 bits per heavy atom. The molecule has 0 bridgehead atoms. The van der Waals surface area contributed by atoms with Gasteiger partial charge in [0, 0.05) is 18.3 Å². The van der Waals surface area contributed by atoms with Gasteiger partial charge in [0.25, 0.3) is 5.91 Å². The Bertz CT molecular complexity index is 1110. The molecule has 2 amide bonds. The van der Waals surface area contributed by atoms with E-state index in [9.17, 15) is 14.7 Å². The lowest BCUT2D eigenvalue weighted by Gasteiger charge is -2.16. The molecule has 4 N–H and O–H groups in total. The number of aromatic nitrogens is 2. The average Bonchev–Trinajstić information content (AvgIpc) is 3.33. The summed E-state index contributed by atoms with van der Waals surface area (Å²) in [5.41, 5.74) is 4.31. The number of aromatic hydroxyl groups is 1. The summed E-state index contributed by atoms with van der Waals surface area (Å²) >= 11 is 5.95. The van der Waals surface area contributed by atoms with Crippen molar-refractivity contribution in [3.8, 4) is 11.5 Å². The van der Waals surface area contributed by atoms with Gasteiger partial charge in [0.2, 0.25) is 0 Å². The molecule has 172 valence electrons. The first kappa shape index (κ1) is 23.6. The molecule has 1 heterocycles. The van der Waals surface area contributed by atoms with Gasteiger partial charge < -0.3 is 24.9 Å². The highest BCUT2D eigenvalue weighted by atomic mass is 35.5. The highest BCUT2D eigenvalue weighted by Gasteiger charge is 2.22. The molecule has 11 heteroatoms. The van der Waals surface area contributed by atoms with Crippen molar-refractivity contribution in [3.05, 3.63) is 76.8 Å². The smallest absolute Gasteiger partial charge is 0.408 e. The largest absolute Gasteiger partial charge is 0.503 e. The van der Waals surface area contributed by atoms with E-state index in [-0.39, 0.29) is 29.5 Å². The Morgan fingerprint density at radius 1 is 1.30 bits per heavy atom. The third kappa shape index (κ3) is 6.97. The van der Waals surface area contributed by atoms with Gasteiger partial charge in [-0.3, -0.25) is 4.79 Å². The first-order valence-corrected chi connectivity index (χ1v) is 10.2. The predicted molar refractivity (Wildman–Crippen MR) is 121 cm³/mol. The van der Waals surface area contributed by atoms with Crippen LogP contribution in [0.3, 0.4) is 0 Å². The van der Waals surface area contributed by atoms with Crippen molar-refractivity contribution in [1.82, 2.24) is 20.7 Å². The van der Waals surface area contributed by atoms with Gasteiger partial charge in [0.15, 0.2) is 11.5 Å². The van der Waals surface area contributed by atoms with Crippen LogP contribution in [-0.2, 0) is 22.6 Å². The first-order valence-electron chi connectivity index (χ1n) is 9.80. The number of carbonyl (C=O) groups is 2. The number of nitrogens with one attached hydrogen (secondary N) is 3. The number of H-pyrrole nitrogens is 1. The van der Waals surface area contributed by atoms with E-state index in [1.54, 1.807) is 6.20 Å². The maximum absolute atomic E-state index is 12.7. The molecule has 0 saturated heterocycles. The zero-order chi connectivity index (χ0) is 23.6. The number of hydrazone groups is 1. The van der Waals surface area contributed by atoms with Crippen molar-refractivity contribution >= 4 is 29.8 Å². The molecular weight excluding hydrogens is 450 g/mol. The summed E-state index contributed by atoms with van der Waals surface area (Å²) in [7, 11) is 1.39. The zero-order valence-electron chi connectivity index (χ0n) is 17.6. The molecule has 1 atom stereocenters. The second kappa shape index (κ2) is 11.5. The number of benzene rings is 2. The number of alkyl carbamates (subject to hydrolysis) is 1. The summed E-state index contributed by atoms with van der Waals surface area (Å²) in [6.07, 6.45) is 3.73. The number of carbonyl (C=O) groups excluding carboxylic acids is 2. The van der Waals surface area contributed by atoms with E-state index in [4.69, 9.17) is 21.1 Å². The molecule has 33 heavy (non-hydrogen) atoms. The molecule has 3 aromatic rings. The molecular formula is C22H22ClN5O5. The van der Waals surface area contributed by atoms with Gasteiger partial charge in [0.05, 0.1) is 24.7 Å². The Labute approximate surface area is 194 Å². The Balaban J connectivity index is 1.63. The number of aromatic amines is 1. The lowest BCUT2D eigenvalue weighted by molar-refractivity contribution is -0.123. The summed E-state index contributed by atoms with van der Waals surface area (Å²) in [5, 5.41) is 16.3. The maximum Gasteiger partial charge on any atom is 0.408 e. The number of imidazole rings is 1. The fourth-order valence-corrected chi connectivity index (χ4v) is 3.02. The summed E-state index contributed by atoms with van der Waals surface area (Å²) in [6.45, 7) is 0.0622. The minimum atomic E-state index is -0.983. The SMILES string of the molecule is COc1cc(/C=N\NC(=O)[C@H](Cc2cnc[nH]2)NC(=O)OCc2ccccc2)cc(Cl)c1O. The third-order valence-corrected chi connectivity index (χ3v) is 4.75. The average molecular weight is 472 g/mol. The van der Waals surface area contributed by atoms with Gasteiger partial charge in [-0.1, -0.05) is 41.9 Å². The predicted octanol–water partition coefficient (Wildman–Crippen LogP) is 2.77. The van der Waals surface area contributed by atoms with Gasteiger partial charge in [-0.15, -0.1) is 0 Å². The van der Waals surface area contributed by atoms with Crippen LogP contribution in [0.5, 0.6) is 11.5 Å². The minimum absolute atomic E-state index is 0.0622. The Morgan fingerprint density at radius 2 is 2.09 bits per heavy atom. The molecule has 0 spiro atoms. The molecule has 0 saturated carbocycles. The second-order valence-electron chi connectivity index (χ2n) is 6.83. The van der Waals surface area contributed by atoms with Gasteiger partial charge in [-0.05, 0) is 23.3 Å². The maximum atomic E-state index is 12.7. The molecule has 0 aliphatic heterocycles. The number of nitrogens with zero attached hydrogens (tertiary/aromatic N) is 2. The highest BCUT2D eigenvalue weighted by Crippen LogP contribution is 2.34. The van der Waals surface area contributed by atoms with Crippen LogP contribution in [0.25, 0.3) is 0 Å². The number of phenolic OH excluding ortho intramolecular Hbond substituents is 1. The van der Waals surface area contributed by atoms with E-state index in [0.29, 0.717) is 11.3 Å². The lowest BCUT2D eigenvalue weighted by Crippen LogP contribution is -2.47. The Hall–Kier alpha value is -4.05. The molecule has 2 aromatic carbocycles. The number of ether oxygens (including phenoxy) is 2. The molecule has 3 rings (SSSR count). The van der Waals surface area contributed by atoms with E-state index in [1.165, 1.54) is 31.8 Å². The fraction of sp³-hybridized carbons (Fsp3) is 0.182. The number of methoxy groups -OCH3 is 1. The van der Waals surface area contributed by atoms with Crippen LogP contribution in [0, 0.1) is 0 Å². The van der Waals surface area contributed by atoms with Crippen molar-refractivity contribution < 1.29 is 24.2 Å². The number of rotatable bonds is 9. The summed E-state index contributed by atoms with van der Waals surface area (Å²) in [6, 6.07) is 11.1. The van der Waals surface area contributed by atoms with Gasteiger partial charge >= 0.3 is 6.09 Å². The molecule has 0 aliphatic carbocycles. The van der Waals surface area contributed by atoms with E-state index >= 15 is 0 Å². The van der Waals surface area contributed by atoms with Gasteiger partial charge in [0.1, 0.15) is 12.6 Å². The van der Waals surface area contributed by atoms with Crippen LogP contribution in [0.1, 0.15) is 16.8 Å². The number of hydrogen-bond acceptors (Lipinski definition) is 7. The van der Waals surface area contributed by atoms with Crippen LogP contribution in [-0.4, -0.2) is 46.4 Å². The summed E-state index contributed by atoms with van der Waals surface area (Å²) in [5.74, 6) is -0.609. The van der Waals surface area contributed by atoms with Crippen LogP contribution < -0.4 is 15.5 Å². The molecule has 0 fully saturated rings. The number of amides is 2. The topological polar surface area (TPSA) is 138 Å². The summed E-state index contributed by atoms with van der Waals surface area (Å²) in [4.78, 5) is 31.8. The van der Waals surface area contributed by atoms with E-state index in [2.05, 4.69) is 25.8 Å². The van der Waals surface area contributed by atoms with E-state index in [1.807, 2.05) is 30.3 Å². The monoisotopic (exact) mass is 471 g/mol.